The van der Waals surface area contributed by atoms with E-state index in [2.05, 4.69) is 9.56 Å². The van der Waals surface area contributed by atoms with Gasteiger partial charge in [-0.05, 0) is 0 Å². The zero-order valence-corrected chi connectivity index (χ0v) is 10.3. The second-order valence-corrected chi connectivity index (χ2v) is 4.61. The van der Waals surface area contributed by atoms with E-state index in [9.17, 15) is 4.57 Å². The summed E-state index contributed by atoms with van der Waals surface area (Å²) < 4.78 is 20.9. The Bertz CT molecular complexity index is 173. The maximum absolute atomic E-state index is 10.9. The highest BCUT2D eigenvalue weighted by Crippen LogP contribution is 2.23. The molecule has 0 spiro atoms. The molecule has 0 radical (unpaired) electrons. The molecule has 1 atom stereocenters. The molecule has 8 heteroatoms. The second kappa shape index (κ2) is 9.11. The normalized spacial score (nSPS) is 12.1. The summed E-state index contributed by atoms with van der Waals surface area (Å²) in [4.78, 5) is 4.49. The van der Waals surface area contributed by atoms with Gasteiger partial charge in [0.05, 0.1) is 32.4 Å². The van der Waals surface area contributed by atoms with Crippen LogP contribution in [-0.4, -0.2) is 57.4 Å². The van der Waals surface area contributed by atoms with Crippen LogP contribution >= 0.6 is 8.25 Å². The van der Waals surface area contributed by atoms with Gasteiger partial charge in [-0.3, -0.25) is 0 Å². The Morgan fingerprint density at radius 3 is 2.33 bits per heavy atom. The Hall–Kier alpha value is -0.140. The van der Waals surface area contributed by atoms with E-state index in [1.807, 2.05) is 21.1 Å². The number of hydrogen-bond acceptors (Lipinski definition) is 6. The Morgan fingerprint density at radius 1 is 1.27 bits per heavy atom. The summed E-state index contributed by atoms with van der Waals surface area (Å²) in [5.41, 5.74) is 5.13. The van der Waals surface area contributed by atoms with Gasteiger partial charge < -0.3 is 15.7 Å². The van der Waals surface area contributed by atoms with Crippen molar-refractivity contribution < 1.29 is 28.6 Å². The van der Waals surface area contributed by atoms with Gasteiger partial charge in [0.2, 0.25) is 0 Å². The third-order valence-corrected chi connectivity index (χ3v) is 1.89. The maximum Gasteiger partial charge on any atom is 0.728 e. The first-order valence-corrected chi connectivity index (χ1v) is 5.45. The van der Waals surface area contributed by atoms with Gasteiger partial charge in [0.15, 0.2) is 6.61 Å². The van der Waals surface area contributed by atoms with Crippen molar-refractivity contribution in [2.45, 2.75) is 0 Å². The van der Waals surface area contributed by atoms with Crippen molar-refractivity contribution >= 4 is 8.25 Å². The highest BCUT2D eigenvalue weighted by atomic mass is 31.1. The number of nitrogens with zero attached hydrogens (tertiary/aromatic N) is 1. The monoisotopic (exact) mass is 243 g/mol. The average Bonchev–Trinajstić information content (AvgIpc) is 2.02. The van der Waals surface area contributed by atoms with Crippen LogP contribution in [0.15, 0.2) is 0 Å². The van der Waals surface area contributed by atoms with Crippen LogP contribution in [0.25, 0.3) is 0 Å². The van der Waals surface area contributed by atoms with Gasteiger partial charge in [-0.25, -0.2) is 0 Å². The first-order chi connectivity index (χ1) is 6.45. The van der Waals surface area contributed by atoms with Crippen LogP contribution in [0, 0.1) is 0 Å². The number of hydrogen-bond donors (Lipinski definition) is 1. The molecular weight excluding hydrogens is 223 g/mol. The van der Waals surface area contributed by atoms with Crippen LogP contribution in [0.3, 0.4) is 0 Å². The van der Waals surface area contributed by atoms with E-state index < -0.39 is 8.25 Å². The van der Waals surface area contributed by atoms with Gasteiger partial charge in [0, 0.05) is 11.1 Å². The van der Waals surface area contributed by atoms with Crippen LogP contribution in [0.1, 0.15) is 0 Å². The predicted octanol–water partition coefficient (Wildman–Crippen LogP) is 0.0967. The van der Waals surface area contributed by atoms with E-state index in [4.69, 9.17) is 10.3 Å². The molecule has 0 aromatic carbocycles. The summed E-state index contributed by atoms with van der Waals surface area (Å²) >= 11 is 0. The fourth-order valence-corrected chi connectivity index (χ4v) is 0.974. The number of quaternary nitrogens is 1. The molecule has 7 nitrogen and oxygen atoms in total. The average molecular weight is 243 g/mol. The minimum absolute atomic E-state index is 0. The van der Waals surface area contributed by atoms with Crippen LogP contribution in [0.2, 0.25) is 0 Å². The highest BCUT2D eigenvalue weighted by Gasteiger charge is 2.23. The molecule has 15 heavy (non-hydrogen) atoms. The molecule has 92 valence electrons. The van der Waals surface area contributed by atoms with Crippen molar-refractivity contribution in [3.63, 3.8) is 0 Å². The first-order valence-electron chi connectivity index (χ1n) is 4.36. The lowest BCUT2D eigenvalue weighted by Gasteiger charge is -2.21. The molecule has 0 fully saturated rings. The van der Waals surface area contributed by atoms with Gasteiger partial charge in [0.1, 0.15) is 6.54 Å². The first kappa shape index (κ1) is 17.3. The van der Waals surface area contributed by atoms with Crippen molar-refractivity contribution in [2.75, 3.05) is 47.4 Å². The van der Waals surface area contributed by atoms with Crippen LogP contribution < -0.4 is 5.73 Å². The minimum Gasteiger partial charge on any atom is -0.870 e. The van der Waals surface area contributed by atoms with Gasteiger partial charge >= 0.3 is 8.25 Å². The predicted molar refractivity (Wildman–Crippen MR) is 54.5 cm³/mol. The SMILES string of the molecule is C[N+](C)(C)CCO[P+](=O)OOCCN.[OH-]. The topological polar surface area (TPSA) is 101 Å². The molecule has 0 amide bonds. The smallest absolute Gasteiger partial charge is 0.728 e. The number of nitrogens with two attached hydrogens (primary N) is 1. The quantitative estimate of drug-likeness (QED) is 0.213. The van der Waals surface area contributed by atoms with E-state index in [1.165, 1.54) is 0 Å². The molecule has 0 saturated heterocycles. The van der Waals surface area contributed by atoms with E-state index in [0.29, 0.717) is 13.2 Å². The van der Waals surface area contributed by atoms with Gasteiger partial charge in [-0.2, -0.15) is 4.89 Å². The van der Waals surface area contributed by atoms with Crippen molar-refractivity contribution in [1.82, 2.24) is 0 Å². The lowest BCUT2D eigenvalue weighted by Crippen LogP contribution is -2.37. The van der Waals surface area contributed by atoms with Crippen LogP contribution in [0.5, 0.6) is 0 Å². The third kappa shape index (κ3) is 13.9. The minimum atomic E-state index is -2.18. The summed E-state index contributed by atoms with van der Waals surface area (Å²) in [6.07, 6.45) is 0. The molecule has 0 aliphatic heterocycles. The molecule has 0 aromatic heterocycles. The van der Waals surface area contributed by atoms with E-state index in [0.717, 1.165) is 11.0 Å². The fourth-order valence-electron chi connectivity index (χ4n) is 0.539. The van der Waals surface area contributed by atoms with Gasteiger partial charge in [-0.1, -0.05) is 0 Å². The molecular formula is C7H20N2O5P+. The molecule has 0 aliphatic carbocycles. The summed E-state index contributed by atoms with van der Waals surface area (Å²) in [5, 5.41) is 0. The van der Waals surface area contributed by atoms with Gasteiger partial charge in [0.25, 0.3) is 0 Å². The molecule has 0 heterocycles. The largest absolute Gasteiger partial charge is 0.870 e. The Morgan fingerprint density at radius 2 is 1.87 bits per heavy atom. The zero-order chi connectivity index (χ0) is 11.0. The lowest BCUT2D eigenvalue weighted by molar-refractivity contribution is -0.870. The zero-order valence-electron chi connectivity index (χ0n) is 9.38. The highest BCUT2D eigenvalue weighted by molar-refractivity contribution is 7.33. The molecule has 0 saturated carbocycles. The summed E-state index contributed by atoms with van der Waals surface area (Å²) in [5.74, 6) is 0. The lowest BCUT2D eigenvalue weighted by atomic mass is 10.5. The molecule has 1 unspecified atom stereocenters. The van der Waals surface area contributed by atoms with Crippen molar-refractivity contribution in [3.8, 4) is 0 Å². The van der Waals surface area contributed by atoms with Crippen LogP contribution in [-0.2, 0) is 18.7 Å². The summed E-state index contributed by atoms with van der Waals surface area (Å²) in [7, 11) is 3.87. The van der Waals surface area contributed by atoms with Crippen molar-refractivity contribution in [2.24, 2.45) is 5.73 Å². The van der Waals surface area contributed by atoms with Gasteiger partial charge in [-0.15, -0.1) is 4.52 Å². The van der Waals surface area contributed by atoms with Crippen molar-refractivity contribution in [1.29, 1.82) is 0 Å². The Kier molecular flexibility index (Phi) is 10.5. The Balaban J connectivity index is 0. The van der Waals surface area contributed by atoms with Crippen molar-refractivity contribution in [3.05, 3.63) is 0 Å². The molecule has 0 bridgehead atoms. The Labute approximate surface area is 90.9 Å². The summed E-state index contributed by atoms with van der Waals surface area (Å²) in [6, 6.07) is 0. The molecule has 0 aromatic rings. The van der Waals surface area contributed by atoms with E-state index in [1.54, 1.807) is 0 Å². The molecule has 0 rings (SSSR count). The number of likely N-dealkylation sites (N-methyl/N-ethyl adjacent to an activating group) is 1. The molecule has 3 N–H and O–H groups in total. The molecule has 0 aliphatic rings. The number of rotatable bonds is 8. The fraction of sp³-hybridized carbons (Fsp3) is 1.00. The van der Waals surface area contributed by atoms with Crippen LogP contribution in [0.4, 0.5) is 0 Å². The van der Waals surface area contributed by atoms with E-state index >= 15 is 0 Å². The summed E-state index contributed by atoms with van der Waals surface area (Å²) in [6.45, 7) is 1.65. The second-order valence-electron chi connectivity index (χ2n) is 3.76. The van der Waals surface area contributed by atoms with E-state index in [-0.39, 0.29) is 12.1 Å². The maximum atomic E-state index is 10.9. The standard InChI is InChI=1S/C7H19N2O4P.H2O/c1-9(2,3)5-7-12-14(10)13-11-6-4-8;/h4-8H2,1-3H3;1H2/q+2;/p-1. The third-order valence-electron chi connectivity index (χ3n) is 1.27.